The Morgan fingerprint density at radius 3 is 2.52 bits per heavy atom. The number of carbonyl (C=O) groups excluding carboxylic acids is 1. The molecule has 0 aliphatic carbocycles. The topological polar surface area (TPSA) is 62.5 Å². The fraction of sp³-hybridized carbons (Fsp3) is 0.294. The van der Waals surface area contributed by atoms with Gasteiger partial charge in [-0.25, -0.2) is 4.39 Å². The van der Waals surface area contributed by atoms with Crippen molar-refractivity contribution in [3.63, 3.8) is 0 Å². The van der Waals surface area contributed by atoms with Crippen LogP contribution in [0.3, 0.4) is 0 Å². The highest BCUT2D eigenvalue weighted by atomic mass is 19.1. The van der Waals surface area contributed by atoms with Gasteiger partial charge >= 0.3 is 0 Å². The summed E-state index contributed by atoms with van der Waals surface area (Å²) in [6.07, 6.45) is 0.605. The van der Waals surface area contributed by atoms with Crippen LogP contribution in [0.5, 0.6) is 5.75 Å². The second-order valence-electron chi connectivity index (χ2n) is 5.56. The largest absolute Gasteiger partial charge is 0.503 e. The van der Waals surface area contributed by atoms with Crippen molar-refractivity contribution in [2.75, 3.05) is 6.54 Å². The summed E-state index contributed by atoms with van der Waals surface area (Å²) in [5, 5.41) is 10.0. The molecular weight excluding hydrogens is 299 g/mol. The van der Waals surface area contributed by atoms with Crippen molar-refractivity contribution in [1.29, 1.82) is 0 Å². The van der Waals surface area contributed by atoms with Crippen molar-refractivity contribution in [2.24, 2.45) is 0 Å². The van der Waals surface area contributed by atoms with E-state index in [2.05, 4.69) is 0 Å². The van der Waals surface area contributed by atoms with Crippen molar-refractivity contribution in [1.82, 2.24) is 9.47 Å². The lowest BCUT2D eigenvalue weighted by Gasteiger charge is -2.31. The van der Waals surface area contributed by atoms with E-state index in [0.717, 1.165) is 11.3 Å². The highest BCUT2D eigenvalue weighted by Gasteiger charge is 2.29. The number of aromatic nitrogens is 1. The van der Waals surface area contributed by atoms with E-state index in [4.69, 9.17) is 0 Å². The number of hydrogen-bond donors (Lipinski definition) is 1. The minimum Gasteiger partial charge on any atom is -0.503 e. The minimum absolute atomic E-state index is 0.0442. The number of amides is 1. The summed E-state index contributed by atoms with van der Waals surface area (Å²) < 4.78 is 14.7. The molecule has 0 atom stereocenters. The van der Waals surface area contributed by atoms with Crippen LogP contribution < -0.4 is 5.43 Å². The lowest BCUT2D eigenvalue weighted by Crippen LogP contribution is -2.42. The Balaban J connectivity index is 1.95. The van der Waals surface area contributed by atoms with Gasteiger partial charge in [0.2, 0.25) is 5.43 Å². The number of pyridine rings is 1. The monoisotopic (exact) mass is 316 g/mol. The zero-order chi connectivity index (χ0) is 16.6. The van der Waals surface area contributed by atoms with Crippen molar-refractivity contribution in [3.8, 4) is 5.75 Å². The zero-order valence-electron chi connectivity index (χ0n) is 12.8. The molecule has 0 spiro atoms. The first kappa shape index (κ1) is 15.3. The maximum Gasteiger partial charge on any atom is 0.274 e. The fourth-order valence-corrected chi connectivity index (χ4v) is 2.88. The van der Waals surface area contributed by atoms with E-state index in [1.807, 2.05) is 6.92 Å². The van der Waals surface area contributed by atoms with Gasteiger partial charge in [-0.1, -0.05) is 19.1 Å². The molecule has 2 heterocycles. The van der Waals surface area contributed by atoms with Gasteiger partial charge in [-0.05, 0) is 24.1 Å². The molecule has 0 unspecified atom stereocenters. The molecule has 1 N–H and O–H groups in total. The van der Waals surface area contributed by atoms with E-state index in [-0.39, 0.29) is 17.4 Å². The average Bonchev–Trinajstić information content (AvgIpc) is 2.55. The standard InChI is InChI=1S/C17H17FN2O3/c1-2-13-9-14(21)16(22)15-17(23)19(7-8-20(13)15)10-11-3-5-12(18)6-4-11/h3-6,9,22H,2,7-8,10H2,1H3. The molecule has 2 aromatic rings. The molecule has 5 nitrogen and oxygen atoms in total. The maximum absolute atomic E-state index is 13.0. The third kappa shape index (κ3) is 2.72. The molecule has 3 rings (SSSR count). The molecule has 0 fully saturated rings. The number of rotatable bonds is 3. The first-order valence-corrected chi connectivity index (χ1v) is 7.50. The van der Waals surface area contributed by atoms with E-state index in [1.165, 1.54) is 18.2 Å². The van der Waals surface area contributed by atoms with Gasteiger partial charge in [0, 0.05) is 31.4 Å². The third-order valence-corrected chi connectivity index (χ3v) is 4.10. The number of nitrogens with zero attached hydrogens (tertiary/aromatic N) is 2. The van der Waals surface area contributed by atoms with E-state index >= 15 is 0 Å². The van der Waals surface area contributed by atoms with Crippen LogP contribution in [0.2, 0.25) is 0 Å². The molecule has 1 aromatic carbocycles. The Morgan fingerprint density at radius 2 is 1.87 bits per heavy atom. The first-order valence-electron chi connectivity index (χ1n) is 7.50. The maximum atomic E-state index is 13.0. The number of carbonyl (C=O) groups is 1. The Labute approximate surface area is 132 Å². The van der Waals surface area contributed by atoms with Gasteiger partial charge in [0.25, 0.3) is 5.91 Å². The van der Waals surface area contributed by atoms with Gasteiger partial charge in [-0.2, -0.15) is 0 Å². The highest BCUT2D eigenvalue weighted by molar-refractivity contribution is 5.95. The number of fused-ring (bicyclic) bond motifs is 1. The fourth-order valence-electron chi connectivity index (χ4n) is 2.88. The lowest BCUT2D eigenvalue weighted by molar-refractivity contribution is 0.0681. The Bertz CT molecular complexity index is 812. The molecule has 0 saturated heterocycles. The SMILES string of the molecule is CCc1cc(=O)c(O)c2n1CCN(Cc1ccc(F)cc1)C2=O. The Kier molecular flexibility index (Phi) is 3.90. The van der Waals surface area contributed by atoms with Gasteiger partial charge in [0.1, 0.15) is 5.82 Å². The molecule has 1 aromatic heterocycles. The number of aryl methyl sites for hydroxylation is 1. The van der Waals surface area contributed by atoms with E-state index in [9.17, 15) is 19.1 Å². The molecule has 1 aliphatic rings. The summed E-state index contributed by atoms with van der Waals surface area (Å²) in [7, 11) is 0. The molecule has 0 radical (unpaired) electrons. The van der Waals surface area contributed by atoms with Crippen LogP contribution >= 0.6 is 0 Å². The predicted octanol–water partition coefficient (Wildman–Crippen LogP) is 1.91. The van der Waals surface area contributed by atoms with Crippen LogP contribution in [-0.2, 0) is 19.5 Å². The van der Waals surface area contributed by atoms with Crippen molar-refractivity contribution in [3.05, 3.63) is 63.3 Å². The molecule has 120 valence electrons. The zero-order valence-corrected chi connectivity index (χ0v) is 12.8. The summed E-state index contributed by atoms with van der Waals surface area (Å²) in [4.78, 5) is 26.1. The molecule has 0 bridgehead atoms. The quantitative estimate of drug-likeness (QED) is 0.941. The number of hydrogen-bond acceptors (Lipinski definition) is 3. The van der Waals surface area contributed by atoms with Crippen molar-refractivity contribution in [2.45, 2.75) is 26.4 Å². The van der Waals surface area contributed by atoms with Gasteiger partial charge in [-0.15, -0.1) is 0 Å². The number of halogens is 1. The average molecular weight is 316 g/mol. The van der Waals surface area contributed by atoms with E-state index in [1.54, 1.807) is 21.6 Å². The molecule has 0 saturated carbocycles. The molecular formula is C17H17FN2O3. The summed E-state index contributed by atoms with van der Waals surface area (Å²) in [5.74, 6) is -1.22. The van der Waals surface area contributed by atoms with Crippen LogP contribution in [0.25, 0.3) is 0 Å². The van der Waals surface area contributed by atoms with Crippen LogP contribution in [0.15, 0.2) is 35.1 Å². The minimum atomic E-state index is -0.537. The van der Waals surface area contributed by atoms with E-state index in [0.29, 0.717) is 26.1 Å². The summed E-state index contributed by atoms with van der Waals surface area (Å²) in [6.45, 7) is 3.19. The van der Waals surface area contributed by atoms with Gasteiger partial charge in [0.15, 0.2) is 11.4 Å². The molecule has 1 amide bonds. The smallest absolute Gasteiger partial charge is 0.274 e. The molecule has 23 heavy (non-hydrogen) atoms. The Morgan fingerprint density at radius 1 is 1.17 bits per heavy atom. The highest BCUT2D eigenvalue weighted by Crippen LogP contribution is 2.22. The second kappa shape index (κ2) is 5.87. The third-order valence-electron chi connectivity index (χ3n) is 4.10. The van der Waals surface area contributed by atoms with Crippen LogP contribution in [0.4, 0.5) is 4.39 Å². The summed E-state index contributed by atoms with van der Waals surface area (Å²) in [6, 6.07) is 7.30. The summed E-state index contributed by atoms with van der Waals surface area (Å²) in [5.41, 5.74) is 1.03. The Hall–Kier alpha value is -2.63. The second-order valence-corrected chi connectivity index (χ2v) is 5.56. The van der Waals surface area contributed by atoms with Gasteiger partial charge in [0.05, 0.1) is 0 Å². The predicted molar refractivity (Wildman–Crippen MR) is 82.9 cm³/mol. The lowest BCUT2D eigenvalue weighted by atomic mass is 10.1. The van der Waals surface area contributed by atoms with Crippen molar-refractivity contribution < 1.29 is 14.3 Å². The number of aromatic hydroxyl groups is 1. The first-order chi connectivity index (χ1) is 11.0. The molecule has 6 heteroatoms. The summed E-state index contributed by atoms with van der Waals surface area (Å²) >= 11 is 0. The molecule has 1 aliphatic heterocycles. The number of benzene rings is 1. The van der Waals surface area contributed by atoms with Crippen LogP contribution in [0, 0.1) is 5.82 Å². The normalized spacial score (nSPS) is 14.0. The van der Waals surface area contributed by atoms with Crippen LogP contribution in [0.1, 0.15) is 28.7 Å². The van der Waals surface area contributed by atoms with Gasteiger partial charge in [-0.3, -0.25) is 9.59 Å². The van der Waals surface area contributed by atoms with Crippen LogP contribution in [-0.4, -0.2) is 27.0 Å². The van der Waals surface area contributed by atoms with Crippen molar-refractivity contribution >= 4 is 5.91 Å². The van der Waals surface area contributed by atoms with Gasteiger partial charge < -0.3 is 14.6 Å². The van der Waals surface area contributed by atoms with E-state index < -0.39 is 11.2 Å².